The van der Waals surface area contributed by atoms with Crippen molar-refractivity contribution < 1.29 is 13.6 Å². The lowest BCUT2D eigenvalue weighted by Crippen LogP contribution is -2.58. The first kappa shape index (κ1) is 18.2. The minimum Gasteiger partial charge on any atom is -0.346 e. The van der Waals surface area contributed by atoms with Crippen molar-refractivity contribution in [2.24, 2.45) is 0 Å². The van der Waals surface area contributed by atoms with E-state index in [1.165, 1.54) is 24.1 Å². The maximum absolute atomic E-state index is 14.9. The summed E-state index contributed by atoms with van der Waals surface area (Å²) in [5, 5.41) is 11.0. The number of hydrogen-bond acceptors (Lipinski definition) is 2. The number of rotatable bonds is 1. The molecule has 2 aliphatic rings. The molecule has 1 heterocycles. The number of nitrogens with zero attached hydrogens (tertiary/aromatic N) is 1. The number of amides is 1. The van der Waals surface area contributed by atoms with E-state index >= 15 is 0 Å². The average molecular weight is 379 g/mol. The zero-order valence-corrected chi connectivity index (χ0v) is 15.8. The van der Waals surface area contributed by atoms with Crippen LogP contribution in [0.5, 0.6) is 0 Å². The molecule has 0 aromatic heterocycles. The molecule has 1 fully saturated rings. The highest BCUT2D eigenvalue weighted by atomic mass is 19.3. The second-order valence-electron chi connectivity index (χ2n) is 7.41. The first-order chi connectivity index (χ1) is 13.2. The summed E-state index contributed by atoms with van der Waals surface area (Å²) in [5.41, 5.74) is 1.34. The highest BCUT2D eigenvalue weighted by Gasteiger charge is 2.46. The number of halogens is 2. The molecule has 1 saturated heterocycles. The SMILES string of the molecule is CC#Cc1ccc2c(c1)-c1cc(C3(C)CC(=O)N(C)C(=N)N3)ccc1C2(F)F. The Kier molecular flexibility index (Phi) is 3.83. The van der Waals surface area contributed by atoms with E-state index in [1.807, 2.05) is 0 Å². The summed E-state index contributed by atoms with van der Waals surface area (Å²) in [7, 11) is 1.53. The fourth-order valence-electron chi connectivity index (χ4n) is 3.90. The van der Waals surface area contributed by atoms with Crippen molar-refractivity contribution >= 4 is 11.9 Å². The zero-order chi connectivity index (χ0) is 20.3. The van der Waals surface area contributed by atoms with Crippen molar-refractivity contribution in [1.29, 1.82) is 5.41 Å². The molecule has 1 aliphatic heterocycles. The Labute approximate surface area is 162 Å². The van der Waals surface area contributed by atoms with Gasteiger partial charge < -0.3 is 5.32 Å². The van der Waals surface area contributed by atoms with E-state index in [-0.39, 0.29) is 29.4 Å². The molecule has 0 saturated carbocycles. The predicted molar refractivity (Wildman–Crippen MR) is 103 cm³/mol. The van der Waals surface area contributed by atoms with Crippen molar-refractivity contribution in [3.63, 3.8) is 0 Å². The second kappa shape index (κ2) is 5.90. The van der Waals surface area contributed by atoms with E-state index in [1.54, 1.807) is 38.1 Å². The number of hydrogen-bond donors (Lipinski definition) is 2. The molecule has 1 unspecified atom stereocenters. The van der Waals surface area contributed by atoms with Gasteiger partial charge in [0.2, 0.25) is 5.91 Å². The second-order valence-corrected chi connectivity index (χ2v) is 7.41. The number of fused-ring (bicyclic) bond motifs is 3. The number of guanidine groups is 1. The van der Waals surface area contributed by atoms with Crippen LogP contribution in [0.25, 0.3) is 11.1 Å². The van der Waals surface area contributed by atoms with Gasteiger partial charge in [0, 0.05) is 23.7 Å². The van der Waals surface area contributed by atoms with E-state index in [9.17, 15) is 13.6 Å². The third-order valence-electron chi connectivity index (χ3n) is 5.52. The van der Waals surface area contributed by atoms with Gasteiger partial charge in [-0.1, -0.05) is 24.1 Å². The molecule has 0 spiro atoms. The van der Waals surface area contributed by atoms with Gasteiger partial charge >= 0.3 is 0 Å². The molecule has 0 bridgehead atoms. The molecule has 142 valence electrons. The molecule has 1 atom stereocenters. The summed E-state index contributed by atoms with van der Waals surface area (Å²) < 4.78 is 29.9. The van der Waals surface area contributed by atoms with Crippen LogP contribution in [0.4, 0.5) is 8.78 Å². The Hall–Kier alpha value is -3.20. The van der Waals surface area contributed by atoms with Gasteiger partial charge in [-0.05, 0) is 48.7 Å². The Balaban J connectivity index is 1.86. The summed E-state index contributed by atoms with van der Waals surface area (Å²) in [4.78, 5) is 13.5. The van der Waals surface area contributed by atoms with Crippen LogP contribution in [0.1, 0.15) is 42.5 Å². The quantitative estimate of drug-likeness (QED) is 0.741. The zero-order valence-electron chi connectivity index (χ0n) is 15.8. The lowest BCUT2D eigenvalue weighted by Gasteiger charge is -2.39. The molecule has 1 amide bonds. The van der Waals surface area contributed by atoms with E-state index in [0.717, 1.165) is 0 Å². The molecular formula is C22H19F2N3O. The number of carbonyl (C=O) groups is 1. The van der Waals surface area contributed by atoms with Gasteiger partial charge in [0.05, 0.1) is 12.0 Å². The third kappa shape index (κ3) is 2.50. The largest absolute Gasteiger partial charge is 0.346 e. The maximum Gasteiger partial charge on any atom is 0.299 e. The molecule has 4 rings (SSSR count). The summed E-state index contributed by atoms with van der Waals surface area (Å²) in [6.45, 7) is 3.51. The van der Waals surface area contributed by atoms with Crippen LogP contribution in [0.3, 0.4) is 0 Å². The number of alkyl halides is 2. The molecule has 6 heteroatoms. The smallest absolute Gasteiger partial charge is 0.299 e. The highest BCUT2D eigenvalue weighted by molar-refractivity contribution is 5.99. The Morgan fingerprint density at radius 2 is 1.79 bits per heavy atom. The minimum absolute atomic E-state index is 0.00881. The van der Waals surface area contributed by atoms with Crippen LogP contribution in [0.15, 0.2) is 36.4 Å². The van der Waals surface area contributed by atoms with Gasteiger partial charge in [-0.2, -0.15) is 8.78 Å². The van der Waals surface area contributed by atoms with E-state index in [2.05, 4.69) is 17.2 Å². The van der Waals surface area contributed by atoms with Crippen molar-refractivity contribution in [3.8, 4) is 23.0 Å². The van der Waals surface area contributed by atoms with Crippen molar-refractivity contribution in [2.45, 2.75) is 31.7 Å². The van der Waals surface area contributed by atoms with Crippen LogP contribution >= 0.6 is 0 Å². The van der Waals surface area contributed by atoms with E-state index in [4.69, 9.17) is 5.41 Å². The maximum atomic E-state index is 14.9. The normalized spacial score (nSPS) is 22.1. The lowest BCUT2D eigenvalue weighted by molar-refractivity contribution is -0.129. The number of carbonyl (C=O) groups excluding carboxylic acids is 1. The average Bonchev–Trinajstić information content (AvgIpc) is 2.87. The standard InChI is InChI=1S/C22H19F2N3O/c1-4-5-13-6-8-17-15(10-13)16-11-14(7-9-18(16)22(17,23)24)21(2)12-19(28)27(3)20(25)26-21/h6-11H,12H2,1-3H3,(H2,25,26). The fraction of sp³-hybridized carbons (Fsp3) is 0.273. The van der Waals surface area contributed by atoms with E-state index in [0.29, 0.717) is 22.3 Å². The first-order valence-electron chi connectivity index (χ1n) is 8.91. The first-order valence-corrected chi connectivity index (χ1v) is 8.91. The molecule has 2 aromatic rings. The highest BCUT2D eigenvalue weighted by Crippen LogP contribution is 2.52. The van der Waals surface area contributed by atoms with Gasteiger partial charge in [-0.25, -0.2) is 0 Å². The summed E-state index contributed by atoms with van der Waals surface area (Å²) >= 11 is 0. The molecule has 4 nitrogen and oxygen atoms in total. The van der Waals surface area contributed by atoms with Gasteiger partial charge in [0.15, 0.2) is 5.96 Å². The molecule has 2 aromatic carbocycles. The Morgan fingerprint density at radius 3 is 2.43 bits per heavy atom. The van der Waals surface area contributed by atoms with Crippen LogP contribution in [0.2, 0.25) is 0 Å². The van der Waals surface area contributed by atoms with Crippen molar-refractivity contribution in [3.05, 3.63) is 58.7 Å². The monoisotopic (exact) mass is 379 g/mol. The molecule has 2 N–H and O–H groups in total. The number of benzene rings is 2. The third-order valence-corrected chi connectivity index (χ3v) is 5.52. The van der Waals surface area contributed by atoms with Crippen molar-refractivity contribution in [1.82, 2.24) is 10.2 Å². The van der Waals surface area contributed by atoms with E-state index < -0.39 is 11.5 Å². The lowest BCUT2D eigenvalue weighted by atomic mass is 9.84. The topological polar surface area (TPSA) is 56.2 Å². The van der Waals surface area contributed by atoms with Crippen molar-refractivity contribution in [2.75, 3.05) is 7.05 Å². The summed E-state index contributed by atoms with van der Waals surface area (Å²) in [5.74, 6) is 2.42. The fourth-order valence-corrected chi connectivity index (χ4v) is 3.90. The van der Waals surface area contributed by atoms with Gasteiger partial charge in [0.1, 0.15) is 0 Å². The van der Waals surface area contributed by atoms with Crippen LogP contribution < -0.4 is 5.32 Å². The summed E-state index contributed by atoms with van der Waals surface area (Å²) in [6, 6.07) is 9.48. The molecule has 0 radical (unpaired) electrons. The Bertz CT molecular complexity index is 1080. The van der Waals surface area contributed by atoms with Gasteiger partial charge in [-0.3, -0.25) is 15.1 Å². The van der Waals surface area contributed by atoms with Crippen LogP contribution in [0, 0.1) is 17.3 Å². The van der Waals surface area contributed by atoms with Crippen LogP contribution in [-0.2, 0) is 16.3 Å². The minimum atomic E-state index is -3.08. The molecule has 28 heavy (non-hydrogen) atoms. The Morgan fingerprint density at radius 1 is 1.14 bits per heavy atom. The van der Waals surface area contributed by atoms with Gasteiger partial charge in [0.25, 0.3) is 5.92 Å². The van der Waals surface area contributed by atoms with Gasteiger partial charge in [-0.15, -0.1) is 5.92 Å². The number of nitrogens with one attached hydrogen (secondary N) is 2. The van der Waals surface area contributed by atoms with Crippen LogP contribution in [-0.4, -0.2) is 23.8 Å². The molecular weight excluding hydrogens is 360 g/mol. The molecule has 1 aliphatic carbocycles. The predicted octanol–water partition coefficient (Wildman–Crippen LogP) is 3.78. The summed E-state index contributed by atoms with van der Waals surface area (Å²) in [6.07, 6.45) is 0.134.